The van der Waals surface area contributed by atoms with Crippen molar-refractivity contribution >= 4 is 23.6 Å². The van der Waals surface area contributed by atoms with Gasteiger partial charge in [0.15, 0.2) is 0 Å². The zero-order chi connectivity index (χ0) is 20.1. The largest absolute Gasteiger partial charge is 0.481 e. The Morgan fingerprint density at radius 3 is 2.46 bits per heavy atom. The van der Waals surface area contributed by atoms with Crippen molar-refractivity contribution in [2.75, 3.05) is 5.32 Å². The Labute approximate surface area is 161 Å². The molecule has 3 rings (SSSR count). The Balaban J connectivity index is 1.75. The van der Waals surface area contributed by atoms with E-state index in [0.29, 0.717) is 22.5 Å². The molecular formula is C21H19N3O4. The number of carbonyl (C=O) groups excluding carboxylic acids is 1. The topological polar surface area (TPSA) is 93.4 Å². The fourth-order valence-electron chi connectivity index (χ4n) is 2.69. The molecule has 1 amide bonds. The number of anilines is 1. The Bertz CT molecular complexity index is 1010. The Morgan fingerprint density at radius 2 is 1.82 bits per heavy atom. The lowest BCUT2D eigenvalue weighted by molar-refractivity contribution is -0.136. The van der Waals surface area contributed by atoms with Gasteiger partial charge in [-0.2, -0.15) is 5.10 Å². The highest BCUT2D eigenvalue weighted by atomic mass is 16.6. The normalized spacial score (nSPS) is 10.3. The van der Waals surface area contributed by atoms with Gasteiger partial charge in [0.05, 0.1) is 12.6 Å². The van der Waals surface area contributed by atoms with Crippen molar-refractivity contribution in [2.24, 2.45) is 7.05 Å². The first kappa shape index (κ1) is 18.9. The van der Waals surface area contributed by atoms with Crippen LogP contribution < -0.4 is 5.32 Å². The van der Waals surface area contributed by atoms with E-state index in [-0.39, 0.29) is 12.2 Å². The fourth-order valence-corrected chi connectivity index (χ4v) is 2.69. The molecule has 142 valence electrons. The van der Waals surface area contributed by atoms with Crippen molar-refractivity contribution in [1.29, 1.82) is 0 Å². The molecular weight excluding hydrogens is 358 g/mol. The number of aliphatic carboxylic acids is 1. The van der Waals surface area contributed by atoms with Gasteiger partial charge in [-0.25, -0.2) is 4.79 Å². The highest BCUT2D eigenvalue weighted by molar-refractivity contribution is 5.92. The molecule has 0 fully saturated rings. The number of hydrogen-bond acceptors (Lipinski definition) is 4. The molecule has 0 aliphatic rings. The van der Waals surface area contributed by atoms with Crippen LogP contribution in [0, 0.1) is 0 Å². The number of rotatable bonds is 6. The minimum Gasteiger partial charge on any atom is -0.481 e. The van der Waals surface area contributed by atoms with Gasteiger partial charge in [0.1, 0.15) is 11.6 Å². The highest BCUT2D eigenvalue weighted by Gasteiger charge is 2.16. The SMILES string of the molecule is C=C(OC(=O)Nc1c(-c2ccc(CC(=O)O)cc2)cnn1C)c1ccccc1. The van der Waals surface area contributed by atoms with Crippen LogP contribution in [0.3, 0.4) is 0 Å². The summed E-state index contributed by atoms with van der Waals surface area (Å²) in [6, 6.07) is 16.1. The Kier molecular flexibility index (Phi) is 5.55. The monoisotopic (exact) mass is 377 g/mol. The predicted octanol–water partition coefficient (Wildman–Crippen LogP) is 3.93. The van der Waals surface area contributed by atoms with Crippen LogP contribution in [0.4, 0.5) is 10.6 Å². The Hall–Kier alpha value is -3.87. The number of amides is 1. The number of benzene rings is 2. The minimum atomic E-state index is -0.891. The number of aryl methyl sites for hydroxylation is 1. The summed E-state index contributed by atoms with van der Waals surface area (Å²) in [5.41, 5.74) is 2.87. The van der Waals surface area contributed by atoms with Gasteiger partial charge in [-0.1, -0.05) is 61.2 Å². The number of carboxylic acids is 1. The summed E-state index contributed by atoms with van der Waals surface area (Å²) >= 11 is 0. The van der Waals surface area contributed by atoms with E-state index in [1.165, 1.54) is 4.68 Å². The van der Waals surface area contributed by atoms with E-state index in [1.807, 2.05) is 18.2 Å². The van der Waals surface area contributed by atoms with E-state index in [0.717, 1.165) is 5.56 Å². The number of ether oxygens (including phenoxy) is 1. The number of nitrogens with one attached hydrogen (secondary N) is 1. The Morgan fingerprint density at radius 1 is 1.14 bits per heavy atom. The molecule has 0 saturated carbocycles. The molecule has 1 heterocycles. The van der Waals surface area contributed by atoms with Gasteiger partial charge < -0.3 is 9.84 Å². The van der Waals surface area contributed by atoms with Crippen LogP contribution >= 0.6 is 0 Å². The first-order valence-electron chi connectivity index (χ1n) is 8.50. The van der Waals surface area contributed by atoms with Crippen LogP contribution in [0.15, 0.2) is 67.4 Å². The summed E-state index contributed by atoms with van der Waals surface area (Å²) < 4.78 is 6.79. The lowest BCUT2D eigenvalue weighted by atomic mass is 10.0. The molecule has 7 heteroatoms. The fraction of sp³-hybridized carbons (Fsp3) is 0.0952. The molecule has 0 aliphatic carbocycles. The summed E-state index contributed by atoms with van der Waals surface area (Å²) in [6.07, 6.45) is 0.890. The van der Waals surface area contributed by atoms with Crippen LogP contribution in [0.5, 0.6) is 0 Å². The van der Waals surface area contributed by atoms with Gasteiger partial charge in [0.2, 0.25) is 0 Å². The van der Waals surface area contributed by atoms with E-state index >= 15 is 0 Å². The van der Waals surface area contributed by atoms with Gasteiger partial charge in [0, 0.05) is 18.2 Å². The lowest BCUT2D eigenvalue weighted by Gasteiger charge is -2.11. The predicted molar refractivity (Wildman–Crippen MR) is 106 cm³/mol. The summed E-state index contributed by atoms with van der Waals surface area (Å²) in [6.45, 7) is 3.78. The van der Waals surface area contributed by atoms with E-state index in [4.69, 9.17) is 9.84 Å². The first-order valence-corrected chi connectivity index (χ1v) is 8.50. The zero-order valence-corrected chi connectivity index (χ0v) is 15.3. The third-order valence-electron chi connectivity index (χ3n) is 4.09. The highest BCUT2D eigenvalue weighted by Crippen LogP contribution is 2.28. The quantitative estimate of drug-likeness (QED) is 0.635. The standard InChI is InChI=1S/C21H19N3O4/c1-14(16-6-4-3-5-7-16)28-21(27)23-20-18(13-22-24(20)2)17-10-8-15(9-11-17)12-19(25)26/h3-11,13H,1,12H2,2H3,(H,23,27)(H,25,26). The van der Waals surface area contributed by atoms with Crippen molar-refractivity contribution in [1.82, 2.24) is 9.78 Å². The zero-order valence-electron chi connectivity index (χ0n) is 15.3. The molecule has 0 bridgehead atoms. The smallest absolute Gasteiger partial charge is 0.418 e. The summed E-state index contributed by atoms with van der Waals surface area (Å²) in [7, 11) is 1.70. The molecule has 2 N–H and O–H groups in total. The molecule has 0 aliphatic heterocycles. The van der Waals surface area contributed by atoms with E-state index < -0.39 is 12.1 Å². The molecule has 7 nitrogen and oxygen atoms in total. The van der Waals surface area contributed by atoms with Crippen LogP contribution in [0.25, 0.3) is 16.9 Å². The lowest BCUT2D eigenvalue weighted by Crippen LogP contribution is -2.15. The van der Waals surface area contributed by atoms with Crippen LogP contribution in [-0.2, 0) is 23.0 Å². The molecule has 0 saturated heterocycles. The molecule has 0 radical (unpaired) electrons. The molecule has 0 spiro atoms. The van der Waals surface area contributed by atoms with Gasteiger partial charge in [0.25, 0.3) is 0 Å². The van der Waals surface area contributed by atoms with Crippen LogP contribution in [-0.4, -0.2) is 26.9 Å². The maximum Gasteiger partial charge on any atom is 0.418 e. The summed E-state index contributed by atoms with van der Waals surface area (Å²) in [5, 5.41) is 15.7. The number of hydrogen-bond donors (Lipinski definition) is 2. The van der Waals surface area contributed by atoms with Crippen LogP contribution in [0.1, 0.15) is 11.1 Å². The summed E-state index contributed by atoms with van der Waals surface area (Å²) in [4.78, 5) is 23.1. The number of aromatic nitrogens is 2. The van der Waals surface area contributed by atoms with Crippen molar-refractivity contribution in [3.8, 4) is 11.1 Å². The molecule has 1 aromatic heterocycles. The average molecular weight is 377 g/mol. The second-order valence-corrected chi connectivity index (χ2v) is 6.10. The second-order valence-electron chi connectivity index (χ2n) is 6.10. The van der Waals surface area contributed by atoms with E-state index in [9.17, 15) is 9.59 Å². The number of carboxylic acid groups (broad SMARTS) is 1. The van der Waals surface area contributed by atoms with Gasteiger partial charge in [-0.15, -0.1) is 0 Å². The molecule has 28 heavy (non-hydrogen) atoms. The molecule has 3 aromatic rings. The van der Waals surface area contributed by atoms with Gasteiger partial charge >= 0.3 is 12.1 Å². The average Bonchev–Trinajstić information content (AvgIpc) is 3.03. The van der Waals surface area contributed by atoms with Crippen molar-refractivity contribution in [2.45, 2.75) is 6.42 Å². The maximum atomic E-state index is 12.3. The van der Waals surface area contributed by atoms with E-state index in [2.05, 4.69) is 17.0 Å². The minimum absolute atomic E-state index is 0.0493. The molecule has 0 unspecified atom stereocenters. The first-order chi connectivity index (χ1) is 13.4. The second kappa shape index (κ2) is 8.22. The number of carbonyl (C=O) groups is 2. The van der Waals surface area contributed by atoms with Gasteiger partial charge in [-0.3, -0.25) is 14.8 Å². The third kappa shape index (κ3) is 4.45. The van der Waals surface area contributed by atoms with Crippen molar-refractivity contribution < 1.29 is 19.4 Å². The van der Waals surface area contributed by atoms with Crippen molar-refractivity contribution in [3.63, 3.8) is 0 Å². The number of nitrogens with zero attached hydrogens (tertiary/aromatic N) is 2. The summed E-state index contributed by atoms with van der Waals surface area (Å²) in [5.74, 6) is -0.199. The molecule has 0 atom stereocenters. The third-order valence-corrected chi connectivity index (χ3v) is 4.09. The van der Waals surface area contributed by atoms with Crippen molar-refractivity contribution in [3.05, 3.63) is 78.5 Å². The van der Waals surface area contributed by atoms with Gasteiger partial charge in [-0.05, 0) is 11.1 Å². The molecule has 2 aromatic carbocycles. The maximum absolute atomic E-state index is 12.3. The van der Waals surface area contributed by atoms with E-state index in [1.54, 1.807) is 49.6 Å². The van der Waals surface area contributed by atoms with Crippen LogP contribution in [0.2, 0.25) is 0 Å².